The molecule has 2 aromatic heterocycles. The second-order valence-corrected chi connectivity index (χ2v) is 6.80. The number of hydrogen-bond donors (Lipinski definition) is 1. The van der Waals surface area contributed by atoms with Gasteiger partial charge in [0.2, 0.25) is 5.91 Å². The van der Waals surface area contributed by atoms with E-state index in [0.29, 0.717) is 16.5 Å². The molecule has 8 heteroatoms. The lowest BCUT2D eigenvalue weighted by Crippen LogP contribution is -2.20. The van der Waals surface area contributed by atoms with Crippen LogP contribution >= 0.6 is 23.1 Å². The van der Waals surface area contributed by atoms with Crippen molar-refractivity contribution >= 4 is 34.8 Å². The molecule has 2 heterocycles. The molecule has 24 heavy (non-hydrogen) atoms. The van der Waals surface area contributed by atoms with Gasteiger partial charge < -0.3 is 5.73 Å². The van der Waals surface area contributed by atoms with Gasteiger partial charge in [0.15, 0.2) is 16.8 Å². The number of nitrogens with zero attached hydrogens (tertiary/aromatic N) is 3. The summed E-state index contributed by atoms with van der Waals surface area (Å²) in [6.45, 7) is -0.0257. The molecule has 122 valence electrons. The SMILES string of the molecule is NC(=O)Cn1c(SCC(=O)c2ccccc2)nnc1-c1cccs1. The highest BCUT2D eigenvalue weighted by molar-refractivity contribution is 7.99. The van der Waals surface area contributed by atoms with Crippen molar-refractivity contribution in [2.45, 2.75) is 11.7 Å². The van der Waals surface area contributed by atoms with Crippen molar-refractivity contribution < 1.29 is 9.59 Å². The summed E-state index contributed by atoms with van der Waals surface area (Å²) >= 11 is 2.75. The average molecular weight is 358 g/mol. The number of nitrogens with two attached hydrogens (primary N) is 1. The van der Waals surface area contributed by atoms with Crippen LogP contribution in [0.1, 0.15) is 10.4 Å². The summed E-state index contributed by atoms with van der Waals surface area (Å²) in [4.78, 5) is 24.5. The quantitative estimate of drug-likeness (QED) is 0.517. The Labute approximate surface area is 146 Å². The molecule has 0 spiro atoms. The number of thiophene rings is 1. The summed E-state index contributed by atoms with van der Waals surface area (Å²) < 4.78 is 1.65. The first-order chi connectivity index (χ1) is 11.6. The topological polar surface area (TPSA) is 90.9 Å². The van der Waals surface area contributed by atoms with E-state index < -0.39 is 5.91 Å². The molecule has 6 nitrogen and oxygen atoms in total. The van der Waals surface area contributed by atoms with Gasteiger partial charge in [-0.3, -0.25) is 14.2 Å². The Morgan fingerprint density at radius 2 is 1.92 bits per heavy atom. The molecule has 0 aliphatic heterocycles. The maximum absolute atomic E-state index is 12.2. The Hall–Kier alpha value is -2.45. The molecule has 0 unspecified atom stereocenters. The number of benzene rings is 1. The van der Waals surface area contributed by atoms with Crippen molar-refractivity contribution in [3.8, 4) is 10.7 Å². The number of hydrogen-bond acceptors (Lipinski definition) is 6. The van der Waals surface area contributed by atoms with E-state index in [9.17, 15) is 9.59 Å². The predicted octanol–water partition coefficient (Wildman–Crippen LogP) is 2.47. The highest BCUT2D eigenvalue weighted by Crippen LogP contribution is 2.27. The van der Waals surface area contributed by atoms with Crippen LogP contribution in [0, 0.1) is 0 Å². The van der Waals surface area contributed by atoms with Crippen LogP contribution in [-0.2, 0) is 11.3 Å². The van der Waals surface area contributed by atoms with Crippen molar-refractivity contribution in [3.63, 3.8) is 0 Å². The van der Waals surface area contributed by atoms with Crippen LogP contribution in [-0.4, -0.2) is 32.2 Å². The van der Waals surface area contributed by atoms with Gasteiger partial charge in [-0.25, -0.2) is 0 Å². The first-order valence-corrected chi connectivity index (χ1v) is 8.98. The van der Waals surface area contributed by atoms with Crippen LogP contribution in [0.5, 0.6) is 0 Å². The van der Waals surface area contributed by atoms with Crippen molar-refractivity contribution in [2.75, 3.05) is 5.75 Å². The first-order valence-electron chi connectivity index (χ1n) is 7.11. The second-order valence-electron chi connectivity index (χ2n) is 4.91. The van der Waals surface area contributed by atoms with Crippen LogP contribution in [0.4, 0.5) is 0 Å². The molecule has 1 aromatic carbocycles. The van der Waals surface area contributed by atoms with Gasteiger partial charge >= 0.3 is 0 Å². The van der Waals surface area contributed by atoms with Crippen LogP contribution in [0.15, 0.2) is 53.0 Å². The van der Waals surface area contributed by atoms with Crippen molar-refractivity contribution in [2.24, 2.45) is 5.73 Å². The summed E-state index contributed by atoms with van der Waals surface area (Å²) in [7, 11) is 0. The summed E-state index contributed by atoms with van der Waals surface area (Å²) in [5.74, 6) is 0.305. The van der Waals surface area contributed by atoms with E-state index in [-0.39, 0.29) is 18.1 Å². The van der Waals surface area contributed by atoms with Gasteiger partial charge in [0.25, 0.3) is 0 Å². The zero-order valence-electron chi connectivity index (χ0n) is 12.6. The van der Waals surface area contributed by atoms with Crippen LogP contribution in [0.2, 0.25) is 0 Å². The summed E-state index contributed by atoms with van der Waals surface area (Å²) in [6.07, 6.45) is 0. The fourth-order valence-corrected chi connectivity index (χ4v) is 3.67. The minimum absolute atomic E-state index is 0.00750. The molecule has 0 radical (unpaired) electrons. The van der Waals surface area contributed by atoms with E-state index in [2.05, 4.69) is 10.2 Å². The zero-order valence-corrected chi connectivity index (χ0v) is 14.2. The third-order valence-corrected chi connectivity index (χ3v) is 5.03. The van der Waals surface area contributed by atoms with Crippen LogP contribution in [0.25, 0.3) is 10.7 Å². The molecule has 0 aliphatic rings. The second kappa shape index (κ2) is 7.41. The number of aromatic nitrogens is 3. The lowest BCUT2D eigenvalue weighted by atomic mass is 10.2. The normalized spacial score (nSPS) is 10.7. The van der Waals surface area contributed by atoms with E-state index >= 15 is 0 Å². The summed E-state index contributed by atoms with van der Waals surface area (Å²) in [6, 6.07) is 12.8. The Morgan fingerprint density at radius 3 is 2.58 bits per heavy atom. The lowest BCUT2D eigenvalue weighted by molar-refractivity contribution is -0.118. The predicted molar refractivity (Wildman–Crippen MR) is 94.0 cm³/mol. The molecular weight excluding hydrogens is 344 g/mol. The Kier molecular flexibility index (Phi) is 5.07. The number of primary amides is 1. The number of ketones is 1. The van der Waals surface area contributed by atoms with Gasteiger partial charge in [0.05, 0.1) is 10.6 Å². The molecule has 0 saturated carbocycles. The average Bonchev–Trinajstić information content (AvgIpc) is 3.23. The van der Waals surface area contributed by atoms with E-state index in [0.717, 1.165) is 4.88 Å². The standard InChI is InChI=1S/C16H14N4O2S2/c17-14(22)9-20-15(13-7-4-8-23-13)18-19-16(20)24-10-12(21)11-5-2-1-3-6-11/h1-8H,9-10H2,(H2,17,22). The van der Waals surface area contributed by atoms with E-state index in [1.807, 2.05) is 35.7 Å². The van der Waals surface area contributed by atoms with E-state index in [1.54, 1.807) is 16.7 Å². The number of rotatable bonds is 7. The maximum Gasteiger partial charge on any atom is 0.237 e. The minimum atomic E-state index is -0.483. The fourth-order valence-electron chi connectivity index (χ4n) is 2.12. The van der Waals surface area contributed by atoms with Gasteiger partial charge in [0.1, 0.15) is 6.54 Å². The molecule has 0 fully saturated rings. The first kappa shape index (κ1) is 16.4. The van der Waals surface area contributed by atoms with Crippen molar-refractivity contribution in [1.29, 1.82) is 0 Å². The summed E-state index contributed by atoms with van der Waals surface area (Å²) in [5, 5.41) is 10.7. The number of Topliss-reactive ketones (excluding diaryl/α,β-unsaturated/α-hetero) is 1. The molecule has 0 aliphatic carbocycles. The number of carbonyl (C=O) groups excluding carboxylic acids is 2. The number of thioether (sulfide) groups is 1. The Balaban J connectivity index is 1.80. The highest BCUT2D eigenvalue weighted by Gasteiger charge is 2.18. The molecule has 0 saturated heterocycles. The monoisotopic (exact) mass is 358 g/mol. The van der Waals surface area contributed by atoms with Crippen molar-refractivity contribution in [1.82, 2.24) is 14.8 Å². The zero-order chi connectivity index (χ0) is 16.9. The molecule has 3 aromatic rings. The largest absolute Gasteiger partial charge is 0.368 e. The van der Waals surface area contributed by atoms with Gasteiger partial charge in [0, 0.05) is 5.56 Å². The smallest absolute Gasteiger partial charge is 0.237 e. The lowest BCUT2D eigenvalue weighted by Gasteiger charge is -2.06. The molecule has 0 bridgehead atoms. The number of carbonyl (C=O) groups is 2. The molecular formula is C16H14N4O2S2. The Morgan fingerprint density at radius 1 is 1.12 bits per heavy atom. The summed E-state index contributed by atoms with van der Waals surface area (Å²) in [5.41, 5.74) is 5.98. The van der Waals surface area contributed by atoms with Gasteiger partial charge in [-0.1, -0.05) is 48.2 Å². The minimum Gasteiger partial charge on any atom is -0.368 e. The fraction of sp³-hybridized carbons (Fsp3) is 0.125. The third-order valence-electron chi connectivity index (χ3n) is 3.20. The molecule has 0 atom stereocenters. The van der Waals surface area contributed by atoms with Gasteiger partial charge in [-0.2, -0.15) is 0 Å². The van der Waals surface area contributed by atoms with Gasteiger partial charge in [-0.15, -0.1) is 21.5 Å². The van der Waals surface area contributed by atoms with Crippen LogP contribution in [0.3, 0.4) is 0 Å². The third kappa shape index (κ3) is 3.72. The molecule has 1 amide bonds. The molecule has 3 rings (SSSR count). The van der Waals surface area contributed by atoms with Crippen molar-refractivity contribution in [3.05, 3.63) is 53.4 Å². The van der Waals surface area contributed by atoms with Crippen LogP contribution < -0.4 is 5.73 Å². The Bertz CT molecular complexity index is 844. The van der Waals surface area contributed by atoms with E-state index in [1.165, 1.54) is 23.1 Å². The highest BCUT2D eigenvalue weighted by atomic mass is 32.2. The van der Waals surface area contributed by atoms with Gasteiger partial charge in [-0.05, 0) is 11.4 Å². The van der Waals surface area contributed by atoms with E-state index in [4.69, 9.17) is 5.73 Å². The maximum atomic E-state index is 12.2. The number of amides is 1. The molecule has 2 N–H and O–H groups in total.